The molecule has 0 amide bonds. The van der Waals surface area contributed by atoms with E-state index in [1.165, 1.54) is 43.6 Å². The minimum absolute atomic E-state index is 0.120. The molecule has 0 bridgehead atoms. The Hall–Kier alpha value is -3.40. The van der Waals surface area contributed by atoms with E-state index >= 15 is 0 Å². The summed E-state index contributed by atoms with van der Waals surface area (Å²) in [7, 11) is 4.58. The highest BCUT2D eigenvalue weighted by Gasteiger charge is 2.18. The average Bonchev–Trinajstić information content (AvgIpc) is 3.38. The number of hydrogen-bond donors (Lipinski definition) is 0. The second-order valence-electron chi connectivity index (χ2n) is 5.73. The zero-order valence-corrected chi connectivity index (χ0v) is 16.1. The van der Waals surface area contributed by atoms with Crippen molar-refractivity contribution in [2.75, 3.05) is 21.3 Å². The summed E-state index contributed by atoms with van der Waals surface area (Å²) in [6, 6.07) is 5.18. The molecule has 0 saturated carbocycles. The van der Waals surface area contributed by atoms with E-state index in [4.69, 9.17) is 18.6 Å². The van der Waals surface area contributed by atoms with Crippen molar-refractivity contribution < 1.29 is 18.6 Å². The highest BCUT2D eigenvalue weighted by atomic mass is 32.1. The lowest BCUT2D eigenvalue weighted by Crippen LogP contribution is -2.20. The van der Waals surface area contributed by atoms with E-state index in [0.717, 1.165) is 0 Å². The molecule has 3 aromatic heterocycles. The van der Waals surface area contributed by atoms with Gasteiger partial charge >= 0.3 is 0 Å². The van der Waals surface area contributed by atoms with Crippen molar-refractivity contribution in [1.82, 2.24) is 19.7 Å². The third-order valence-electron chi connectivity index (χ3n) is 4.13. The standard InChI is InChI=1S/C18H16N4O5S/c1-24-12-6-10(7-13(25-2)15(12)26-3)16-21-20-14(27-16)8-22-9-19-17-11(18(22)23)4-5-28-17/h4-7,9H,8H2,1-3H3. The van der Waals surface area contributed by atoms with E-state index in [1.807, 2.05) is 5.38 Å². The molecule has 0 aliphatic carbocycles. The molecule has 0 spiro atoms. The van der Waals surface area contributed by atoms with Gasteiger partial charge in [0.2, 0.25) is 17.5 Å². The molecule has 9 nitrogen and oxygen atoms in total. The number of methoxy groups -OCH3 is 3. The van der Waals surface area contributed by atoms with Gasteiger partial charge in [0.05, 0.1) is 33.0 Å². The summed E-state index contributed by atoms with van der Waals surface area (Å²) < 4.78 is 23.2. The van der Waals surface area contributed by atoms with Crippen molar-refractivity contribution in [1.29, 1.82) is 0 Å². The van der Waals surface area contributed by atoms with Gasteiger partial charge in [0.1, 0.15) is 11.4 Å². The molecule has 28 heavy (non-hydrogen) atoms. The summed E-state index contributed by atoms with van der Waals surface area (Å²) >= 11 is 1.42. The first-order valence-electron chi connectivity index (χ1n) is 8.20. The number of rotatable bonds is 6. The zero-order chi connectivity index (χ0) is 19.7. The minimum atomic E-state index is -0.154. The maximum Gasteiger partial charge on any atom is 0.262 e. The first-order valence-corrected chi connectivity index (χ1v) is 9.08. The van der Waals surface area contributed by atoms with Crippen LogP contribution in [-0.2, 0) is 6.54 Å². The Morgan fingerprint density at radius 3 is 2.54 bits per heavy atom. The van der Waals surface area contributed by atoms with E-state index < -0.39 is 0 Å². The van der Waals surface area contributed by atoms with Crippen LogP contribution in [0.1, 0.15) is 5.89 Å². The van der Waals surface area contributed by atoms with Gasteiger partial charge in [0, 0.05) is 5.56 Å². The predicted octanol–water partition coefficient (Wildman–Crippen LogP) is 2.58. The van der Waals surface area contributed by atoms with Crippen LogP contribution in [-0.4, -0.2) is 41.1 Å². The van der Waals surface area contributed by atoms with Gasteiger partial charge in [-0.25, -0.2) is 4.98 Å². The number of ether oxygens (including phenoxy) is 3. The minimum Gasteiger partial charge on any atom is -0.493 e. The smallest absolute Gasteiger partial charge is 0.262 e. The Morgan fingerprint density at radius 2 is 1.86 bits per heavy atom. The molecular weight excluding hydrogens is 384 g/mol. The molecule has 10 heteroatoms. The first-order chi connectivity index (χ1) is 13.6. The summed E-state index contributed by atoms with van der Waals surface area (Å²) in [5.41, 5.74) is 0.450. The lowest BCUT2D eigenvalue weighted by Gasteiger charge is -2.12. The van der Waals surface area contributed by atoms with Gasteiger partial charge in [0.15, 0.2) is 11.5 Å². The highest BCUT2D eigenvalue weighted by Crippen LogP contribution is 2.40. The van der Waals surface area contributed by atoms with Crippen molar-refractivity contribution in [3.05, 3.63) is 46.2 Å². The SMILES string of the molecule is COc1cc(-c2nnc(Cn3cnc4sccc4c3=O)o2)cc(OC)c1OC. The second kappa shape index (κ2) is 7.31. The lowest BCUT2D eigenvalue weighted by molar-refractivity contribution is 0.324. The Balaban J connectivity index is 1.67. The van der Waals surface area contributed by atoms with Gasteiger partial charge in [-0.15, -0.1) is 21.5 Å². The molecule has 0 N–H and O–H groups in total. The number of aromatic nitrogens is 4. The largest absolute Gasteiger partial charge is 0.493 e. The van der Waals surface area contributed by atoms with Gasteiger partial charge in [0.25, 0.3) is 5.56 Å². The predicted molar refractivity (Wildman–Crippen MR) is 102 cm³/mol. The number of benzene rings is 1. The fourth-order valence-corrected chi connectivity index (χ4v) is 3.51. The van der Waals surface area contributed by atoms with Gasteiger partial charge < -0.3 is 18.6 Å². The van der Waals surface area contributed by atoms with Gasteiger partial charge in [-0.3, -0.25) is 9.36 Å². The summed E-state index contributed by atoms with van der Waals surface area (Å²) in [6.45, 7) is 0.120. The molecule has 0 atom stereocenters. The van der Waals surface area contributed by atoms with E-state index in [9.17, 15) is 4.79 Å². The van der Waals surface area contributed by atoms with Crippen LogP contribution in [0.4, 0.5) is 0 Å². The first kappa shape index (κ1) is 18.0. The van der Waals surface area contributed by atoms with E-state index in [1.54, 1.807) is 18.2 Å². The molecule has 144 valence electrons. The fraction of sp³-hybridized carbons (Fsp3) is 0.222. The Kier molecular flexibility index (Phi) is 4.70. The Labute approximate surface area is 163 Å². The van der Waals surface area contributed by atoms with Crippen LogP contribution >= 0.6 is 11.3 Å². The molecule has 3 heterocycles. The molecule has 0 aliphatic rings. The molecule has 1 aromatic carbocycles. The maximum absolute atomic E-state index is 12.5. The van der Waals surface area contributed by atoms with Crippen molar-refractivity contribution in [2.45, 2.75) is 6.54 Å². The van der Waals surface area contributed by atoms with Crippen LogP contribution in [0, 0.1) is 0 Å². The third kappa shape index (κ3) is 3.07. The Bertz CT molecular complexity index is 1170. The topological polar surface area (TPSA) is 102 Å². The van der Waals surface area contributed by atoms with Crippen molar-refractivity contribution in [3.8, 4) is 28.7 Å². The van der Waals surface area contributed by atoms with Crippen LogP contribution in [0.3, 0.4) is 0 Å². The Morgan fingerprint density at radius 1 is 1.11 bits per heavy atom. The maximum atomic E-state index is 12.5. The summed E-state index contributed by atoms with van der Waals surface area (Å²) in [6.07, 6.45) is 1.48. The molecule has 4 aromatic rings. The van der Waals surface area contributed by atoms with E-state index in [0.29, 0.717) is 33.0 Å². The van der Waals surface area contributed by atoms with Crippen molar-refractivity contribution in [2.24, 2.45) is 0 Å². The zero-order valence-electron chi connectivity index (χ0n) is 15.3. The van der Waals surface area contributed by atoms with Crippen molar-refractivity contribution in [3.63, 3.8) is 0 Å². The van der Waals surface area contributed by atoms with Crippen molar-refractivity contribution >= 4 is 21.6 Å². The van der Waals surface area contributed by atoms with Gasteiger partial charge in [-0.1, -0.05) is 0 Å². The molecular formula is C18H16N4O5S. The number of nitrogens with zero attached hydrogens (tertiary/aromatic N) is 4. The highest BCUT2D eigenvalue weighted by molar-refractivity contribution is 7.16. The number of fused-ring (bicyclic) bond motifs is 1. The second-order valence-corrected chi connectivity index (χ2v) is 6.63. The normalized spacial score (nSPS) is 11.0. The molecule has 0 aliphatic heterocycles. The summed E-state index contributed by atoms with van der Waals surface area (Å²) in [4.78, 5) is 17.5. The molecule has 0 unspecified atom stereocenters. The number of thiophene rings is 1. The molecule has 0 fully saturated rings. The quantitative estimate of drug-likeness (QED) is 0.487. The molecule has 0 radical (unpaired) electrons. The van der Waals surface area contributed by atoms with Crippen LogP contribution in [0.5, 0.6) is 17.2 Å². The lowest BCUT2D eigenvalue weighted by atomic mass is 10.2. The monoisotopic (exact) mass is 400 g/mol. The van der Waals surface area contributed by atoms with Gasteiger partial charge in [-0.05, 0) is 23.6 Å². The van der Waals surface area contributed by atoms with Crippen LogP contribution in [0.15, 0.2) is 39.1 Å². The van der Waals surface area contributed by atoms with E-state index in [-0.39, 0.29) is 23.9 Å². The number of hydrogen-bond acceptors (Lipinski definition) is 9. The molecule has 0 saturated heterocycles. The van der Waals surface area contributed by atoms with Crippen LogP contribution < -0.4 is 19.8 Å². The fourth-order valence-electron chi connectivity index (χ4n) is 2.79. The van der Waals surface area contributed by atoms with Crippen LogP contribution in [0.2, 0.25) is 0 Å². The average molecular weight is 400 g/mol. The molecule has 4 rings (SSSR count). The van der Waals surface area contributed by atoms with Gasteiger partial charge in [-0.2, -0.15) is 0 Å². The summed E-state index contributed by atoms with van der Waals surface area (Å²) in [5.74, 6) is 1.96. The van der Waals surface area contributed by atoms with E-state index in [2.05, 4.69) is 15.2 Å². The van der Waals surface area contributed by atoms with Crippen LogP contribution in [0.25, 0.3) is 21.7 Å². The third-order valence-corrected chi connectivity index (χ3v) is 4.96. The summed E-state index contributed by atoms with van der Waals surface area (Å²) in [5, 5.41) is 10.5.